The van der Waals surface area contributed by atoms with Crippen LogP contribution in [0.5, 0.6) is 11.5 Å². The molecule has 2 aromatic carbocycles. The minimum Gasteiger partial charge on any atom is -0.497 e. The molecule has 1 fully saturated rings. The number of allylic oxidation sites excluding steroid dienone is 4. The molecule has 1 saturated carbocycles. The number of rotatable bonds is 4. The Bertz CT molecular complexity index is 950. The van der Waals surface area contributed by atoms with E-state index >= 15 is 0 Å². The van der Waals surface area contributed by atoms with E-state index in [9.17, 15) is 4.79 Å². The minimum atomic E-state index is 0.0919. The van der Waals surface area contributed by atoms with Crippen LogP contribution in [-0.2, 0) is 4.79 Å². The van der Waals surface area contributed by atoms with Gasteiger partial charge in [0.15, 0.2) is 5.78 Å². The van der Waals surface area contributed by atoms with Crippen LogP contribution in [0.2, 0.25) is 0 Å². The van der Waals surface area contributed by atoms with Crippen molar-refractivity contribution in [2.24, 2.45) is 23.7 Å². The molecule has 0 spiro atoms. The second-order valence-electron chi connectivity index (χ2n) is 7.61. The van der Waals surface area contributed by atoms with Gasteiger partial charge in [-0.15, -0.1) is 0 Å². The average Bonchev–Trinajstić information content (AvgIpc) is 3.41. The van der Waals surface area contributed by atoms with Crippen LogP contribution in [0.25, 0.3) is 11.1 Å². The molecule has 0 unspecified atom stereocenters. The summed E-state index contributed by atoms with van der Waals surface area (Å²) >= 11 is 0. The van der Waals surface area contributed by atoms with Crippen LogP contribution in [-0.4, -0.2) is 20.0 Å². The van der Waals surface area contributed by atoms with Crippen molar-refractivity contribution in [1.29, 1.82) is 0 Å². The molecule has 0 radical (unpaired) electrons. The lowest BCUT2D eigenvalue weighted by molar-refractivity contribution is -0.117. The first-order chi connectivity index (χ1) is 13.2. The maximum Gasteiger partial charge on any atom is 0.168 e. The highest BCUT2D eigenvalue weighted by Crippen LogP contribution is 2.60. The van der Waals surface area contributed by atoms with E-state index in [-0.39, 0.29) is 11.8 Å². The van der Waals surface area contributed by atoms with E-state index in [1.54, 1.807) is 14.2 Å². The summed E-state index contributed by atoms with van der Waals surface area (Å²) in [7, 11) is 3.33. The van der Waals surface area contributed by atoms with Crippen molar-refractivity contribution in [2.75, 3.05) is 14.2 Å². The topological polar surface area (TPSA) is 35.5 Å². The molecule has 0 heterocycles. The summed E-state index contributed by atoms with van der Waals surface area (Å²) in [5.74, 6) is 3.17. The van der Waals surface area contributed by atoms with E-state index in [2.05, 4.69) is 24.3 Å². The van der Waals surface area contributed by atoms with Gasteiger partial charge in [0.2, 0.25) is 0 Å². The number of ketones is 1. The molecule has 0 amide bonds. The lowest BCUT2D eigenvalue weighted by Gasteiger charge is -2.22. The zero-order chi connectivity index (χ0) is 18.5. The van der Waals surface area contributed by atoms with Crippen LogP contribution in [0.3, 0.4) is 0 Å². The Morgan fingerprint density at radius 2 is 1.26 bits per heavy atom. The Labute approximate surface area is 159 Å². The standard InChI is InChI=1S/C24H22O3/c1-26-18-9-5-14(6-10-18)20-21-16-3-4-17(13-16)23(21)24(25)22(20)15-7-11-19(27-2)12-8-15/h3-12,16-17,21,23H,13H2,1-2H3/t16-,17+,21-,23-/m0/s1. The van der Waals surface area contributed by atoms with Crippen molar-refractivity contribution in [1.82, 2.24) is 0 Å². The number of fused-ring (bicyclic) bond motifs is 5. The van der Waals surface area contributed by atoms with E-state index in [0.717, 1.165) is 34.6 Å². The van der Waals surface area contributed by atoms with Crippen LogP contribution < -0.4 is 9.47 Å². The zero-order valence-corrected chi connectivity index (χ0v) is 15.5. The summed E-state index contributed by atoms with van der Waals surface area (Å²) in [6.07, 6.45) is 5.68. The Morgan fingerprint density at radius 1 is 0.741 bits per heavy atom. The van der Waals surface area contributed by atoms with Crippen LogP contribution in [0.15, 0.2) is 60.7 Å². The summed E-state index contributed by atoms with van der Waals surface area (Å²) in [6.45, 7) is 0. The van der Waals surface area contributed by atoms with E-state index in [1.807, 2.05) is 36.4 Å². The fourth-order valence-corrected chi connectivity index (χ4v) is 5.20. The lowest BCUT2D eigenvalue weighted by Crippen LogP contribution is -2.21. The molecule has 0 saturated heterocycles. The molecule has 3 heteroatoms. The van der Waals surface area contributed by atoms with Crippen molar-refractivity contribution >= 4 is 16.9 Å². The van der Waals surface area contributed by atoms with Gasteiger partial charge in [-0.1, -0.05) is 36.4 Å². The molecule has 3 nitrogen and oxygen atoms in total. The molecule has 0 aliphatic heterocycles. The number of benzene rings is 2. The van der Waals surface area contributed by atoms with Gasteiger partial charge >= 0.3 is 0 Å². The maximum atomic E-state index is 13.5. The normalized spacial score (nSPS) is 28.0. The van der Waals surface area contributed by atoms with Crippen molar-refractivity contribution in [3.05, 3.63) is 71.8 Å². The quantitative estimate of drug-likeness (QED) is 0.747. The molecule has 5 rings (SSSR count). The van der Waals surface area contributed by atoms with Crippen LogP contribution in [0.4, 0.5) is 0 Å². The van der Waals surface area contributed by atoms with Crippen LogP contribution >= 0.6 is 0 Å². The molecule has 4 atom stereocenters. The highest BCUT2D eigenvalue weighted by molar-refractivity contribution is 6.33. The smallest absolute Gasteiger partial charge is 0.168 e. The molecule has 3 aliphatic rings. The van der Waals surface area contributed by atoms with Gasteiger partial charge < -0.3 is 9.47 Å². The molecular weight excluding hydrogens is 336 g/mol. The number of hydrogen-bond donors (Lipinski definition) is 0. The van der Waals surface area contributed by atoms with Gasteiger partial charge in [-0.25, -0.2) is 0 Å². The highest BCUT2D eigenvalue weighted by Gasteiger charge is 2.55. The minimum absolute atomic E-state index is 0.0919. The molecule has 0 aromatic heterocycles. The highest BCUT2D eigenvalue weighted by atomic mass is 16.5. The summed E-state index contributed by atoms with van der Waals surface area (Å²) in [5, 5.41) is 0. The average molecular weight is 358 g/mol. The van der Waals surface area contributed by atoms with Gasteiger partial charge in [0.25, 0.3) is 0 Å². The predicted molar refractivity (Wildman–Crippen MR) is 106 cm³/mol. The maximum absolute atomic E-state index is 13.5. The summed E-state index contributed by atoms with van der Waals surface area (Å²) in [6, 6.07) is 16.0. The van der Waals surface area contributed by atoms with E-state index in [1.165, 1.54) is 5.57 Å². The third-order valence-electron chi connectivity index (χ3n) is 6.39. The van der Waals surface area contributed by atoms with Crippen LogP contribution in [0, 0.1) is 23.7 Å². The molecule has 3 aliphatic carbocycles. The lowest BCUT2D eigenvalue weighted by atomic mass is 9.80. The number of carbonyl (C=O) groups excluding carboxylic acids is 1. The van der Waals surface area contributed by atoms with Crippen molar-refractivity contribution in [3.63, 3.8) is 0 Å². The Morgan fingerprint density at radius 3 is 1.81 bits per heavy atom. The van der Waals surface area contributed by atoms with Gasteiger partial charge in [-0.3, -0.25) is 4.79 Å². The first kappa shape index (κ1) is 16.4. The number of hydrogen-bond acceptors (Lipinski definition) is 3. The number of Topliss-reactive ketones (excluding diaryl/α,β-unsaturated/α-hetero) is 1. The monoisotopic (exact) mass is 358 g/mol. The second kappa shape index (κ2) is 6.12. The number of ether oxygens (including phenoxy) is 2. The second-order valence-corrected chi connectivity index (χ2v) is 7.61. The summed E-state index contributed by atoms with van der Waals surface area (Å²) in [4.78, 5) is 13.5. The van der Waals surface area contributed by atoms with E-state index in [4.69, 9.17) is 9.47 Å². The largest absolute Gasteiger partial charge is 0.497 e. The van der Waals surface area contributed by atoms with Gasteiger partial charge in [-0.2, -0.15) is 0 Å². The van der Waals surface area contributed by atoms with Gasteiger partial charge in [-0.05, 0) is 59.2 Å². The first-order valence-corrected chi connectivity index (χ1v) is 9.47. The number of carbonyl (C=O) groups is 1. The fourth-order valence-electron chi connectivity index (χ4n) is 5.20. The summed E-state index contributed by atoms with van der Waals surface area (Å²) in [5.41, 5.74) is 4.20. The van der Waals surface area contributed by atoms with Gasteiger partial charge in [0.1, 0.15) is 11.5 Å². The first-order valence-electron chi connectivity index (χ1n) is 9.47. The Balaban J connectivity index is 1.68. The number of methoxy groups -OCH3 is 2. The van der Waals surface area contributed by atoms with E-state index in [0.29, 0.717) is 17.6 Å². The van der Waals surface area contributed by atoms with Gasteiger partial charge in [0, 0.05) is 17.4 Å². The third kappa shape index (κ3) is 2.38. The van der Waals surface area contributed by atoms with E-state index < -0.39 is 0 Å². The van der Waals surface area contributed by atoms with Crippen molar-refractivity contribution < 1.29 is 14.3 Å². The molecule has 2 aromatic rings. The third-order valence-corrected chi connectivity index (χ3v) is 6.39. The molecule has 0 N–H and O–H groups in total. The summed E-state index contributed by atoms with van der Waals surface area (Å²) < 4.78 is 10.6. The molecule has 2 bridgehead atoms. The SMILES string of the molecule is COc1ccc(C2=C(c3ccc(OC)cc3)[C@H]3[C@@H](C2=O)[C@@H]2C=C[C@H]3C2)cc1. The zero-order valence-electron chi connectivity index (χ0n) is 15.5. The molecule has 27 heavy (non-hydrogen) atoms. The molecule has 136 valence electrons. The van der Waals surface area contributed by atoms with Crippen molar-refractivity contribution in [3.8, 4) is 11.5 Å². The Hall–Kier alpha value is -2.81. The van der Waals surface area contributed by atoms with Crippen molar-refractivity contribution in [2.45, 2.75) is 6.42 Å². The van der Waals surface area contributed by atoms with Gasteiger partial charge in [0.05, 0.1) is 14.2 Å². The Kier molecular flexibility index (Phi) is 3.71. The molecular formula is C24H22O3. The van der Waals surface area contributed by atoms with Crippen LogP contribution in [0.1, 0.15) is 17.5 Å². The fraction of sp³-hybridized carbons (Fsp3) is 0.292. The predicted octanol–water partition coefficient (Wildman–Crippen LogP) is 4.64.